The molecular formula is C13H16N4O3. The molecule has 0 atom stereocenters. The standard InChI is InChI=1S/C13H16N4O3/c18-17(19)12-1-2-13-11(9-12)10-14-16(13)4-3-15-5-7-20-8-6-15/h1-2,9-10H,3-8H2. The Bertz CT molecular complexity index is 619. The summed E-state index contributed by atoms with van der Waals surface area (Å²) in [4.78, 5) is 12.7. The monoisotopic (exact) mass is 276 g/mol. The van der Waals surface area contributed by atoms with Crippen molar-refractivity contribution in [1.29, 1.82) is 0 Å². The third kappa shape index (κ3) is 2.63. The molecular weight excluding hydrogens is 260 g/mol. The molecule has 0 N–H and O–H groups in total. The zero-order valence-electron chi connectivity index (χ0n) is 11.1. The number of non-ortho nitro benzene ring substituents is 1. The van der Waals surface area contributed by atoms with Gasteiger partial charge in [0.25, 0.3) is 5.69 Å². The molecule has 3 rings (SSSR count). The van der Waals surface area contributed by atoms with Gasteiger partial charge in [-0.3, -0.25) is 19.7 Å². The van der Waals surface area contributed by atoms with E-state index in [1.807, 2.05) is 4.68 Å². The quantitative estimate of drug-likeness (QED) is 0.621. The highest BCUT2D eigenvalue weighted by molar-refractivity contribution is 5.81. The molecule has 1 aromatic carbocycles. The van der Waals surface area contributed by atoms with Gasteiger partial charge in [-0.2, -0.15) is 5.10 Å². The van der Waals surface area contributed by atoms with Crippen molar-refractivity contribution in [2.75, 3.05) is 32.8 Å². The minimum Gasteiger partial charge on any atom is -0.379 e. The Morgan fingerprint density at radius 3 is 2.85 bits per heavy atom. The molecule has 106 valence electrons. The summed E-state index contributed by atoms with van der Waals surface area (Å²) in [5.41, 5.74) is 1.04. The summed E-state index contributed by atoms with van der Waals surface area (Å²) >= 11 is 0. The lowest BCUT2D eigenvalue weighted by Crippen LogP contribution is -2.38. The molecule has 20 heavy (non-hydrogen) atoms. The van der Waals surface area contributed by atoms with Crippen LogP contribution in [-0.4, -0.2) is 52.5 Å². The largest absolute Gasteiger partial charge is 0.379 e. The molecule has 1 aromatic heterocycles. The van der Waals surface area contributed by atoms with Crippen LogP contribution in [0.1, 0.15) is 0 Å². The Morgan fingerprint density at radius 1 is 1.30 bits per heavy atom. The average Bonchev–Trinajstić information content (AvgIpc) is 2.88. The molecule has 2 heterocycles. The van der Waals surface area contributed by atoms with Gasteiger partial charge < -0.3 is 4.74 Å². The van der Waals surface area contributed by atoms with E-state index in [1.54, 1.807) is 18.3 Å². The normalized spacial score (nSPS) is 16.6. The number of hydrogen-bond acceptors (Lipinski definition) is 5. The lowest BCUT2D eigenvalue weighted by Gasteiger charge is -2.26. The molecule has 0 spiro atoms. The maximum absolute atomic E-state index is 10.7. The predicted octanol–water partition coefficient (Wildman–Crippen LogP) is 1.28. The fourth-order valence-electron chi connectivity index (χ4n) is 2.43. The highest BCUT2D eigenvalue weighted by atomic mass is 16.6. The Balaban J connectivity index is 1.73. The molecule has 0 unspecified atom stereocenters. The first-order chi connectivity index (χ1) is 9.74. The molecule has 1 aliphatic heterocycles. The third-order valence-electron chi connectivity index (χ3n) is 3.57. The van der Waals surface area contributed by atoms with Gasteiger partial charge in [0.05, 0.1) is 36.4 Å². The fourth-order valence-corrected chi connectivity index (χ4v) is 2.43. The fraction of sp³-hybridized carbons (Fsp3) is 0.462. The zero-order chi connectivity index (χ0) is 13.9. The van der Waals surface area contributed by atoms with Crippen molar-refractivity contribution in [3.63, 3.8) is 0 Å². The highest BCUT2D eigenvalue weighted by Gasteiger charge is 2.12. The molecule has 0 bridgehead atoms. The van der Waals surface area contributed by atoms with Crippen molar-refractivity contribution in [1.82, 2.24) is 14.7 Å². The van der Waals surface area contributed by atoms with E-state index < -0.39 is 0 Å². The van der Waals surface area contributed by atoms with Crippen LogP contribution in [0.3, 0.4) is 0 Å². The van der Waals surface area contributed by atoms with E-state index in [1.165, 1.54) is 6.07 Å². The first-order valence-electron chi connectivity index (χ1n) is 6.64. The average molecular weight is 276 g/mol. The number of rotatable bonds is 4. The van der Waals surface area contributed by atoms with Crippen molar-refractivity contribution in [2.24, 2.45) is 0 Å². The summed E-state index contributed by atoms with van der Waals surface area (Å²) in [6, 6.07) is 4.85. The number of benzene rings is 1. The van der Waals surface area contributed by atoms with Gasteiger partial charge in [-0.25, -0.2) is 0 Å². The third-order valence-corrected chi connectivity index (χ3v) is 3.57. The highest BCUT2D eigenvalue weighted by Crippen LogP contribution is 2.20. The predicted molar refractivity (Wildman–Crippen MR) is 73.6 cm³/mol. The number of morpholine rings is 1. The molecule has 7 nitrogen and oxygen atoms in total. The van der Waals surface area contributed by atoms with Crippen LogP contribution in [0.25, 0.3) is 10.9 Å². The molecule has 1 saturated heterocycles. The summed E-state index contributed by atoms with van der Waals surface area (Å²) in [6.45, 7) is 5.16. The molecule has 0 aliphatic carbocycles. The van der Waals surface area contributed by atoms with Gasteiger partial charge in [-0.05, 0) is 6.07 Å². The molecule has 2 aromatic rings. The topological polar surface area (TPSA) is 73.4 Å². The van der Waals surface area contributed by atoms with Gasteiger partial charge in [0.2, 0.25) is 0 Å². The van der Waals surface area contributed by atoms with Crippen molar-refractivity contribution < 1.29 is 9.66 Å². The van der Waals surface area contributed by atoms with E-state index in [2.05, 4.69) is 10.00 Å². The minimum absolute atomic E-state index is 0.102. The molecule has 1 fully saturated rings. The number of nitrogens with zero attached hydrogens (tertiary/aromatic N) is 4. The van der Waals surface area contributed by atoms with E-state index >= 15 is 0 Å². The Morgan fingerprint density at radius 2 is 2.10 bits per heavy atom. The van der Waals surface area contributed by atoms with E-state index in [0.717, 1.165) is 50.3 Å². The van der Waals surface area contributed by atoms with Gasteiger partial charge in [0.1, 0.15) is 0 Å². The summed E-state index contributed by atoms with van der Waals surface area (Å²) in [5, 5.41) is 15.9. The summed E-state index contributed by atoms with van der Waals surface area (Å²) in [5.74, 6) is 0. The van der Waals surface area contributed by atoms with Crippen LogP contribution in [0.4, 0.5) is 5.69 Å². The van der Waals surface area contributed by atoms with Crippen LogP contribution in [0.2, 0.25) is 0 Å². The molecule has 0 saturated carbocycles. The number of ether oxygens (including phenoxy) is 1. The lowest BCUT2D eigenvalue weighted by atomic mass is 10.2. The minimum atomic E-state index is -0.384. The Hall–Kier alpha value is -1.99. The number of nitro groups is 1. The summed E-state index contributed by atoms with van der Waals surface area (Å²) < 4.78 is 7.21. The second kappa shape index (κ2) is 5.56. The number of nitro benzene ring substituents is 1. The number of fused-ring (bicyclic) bond motifs is 1. The van der Waals surface area contributed by atoms with Crippen molar-refractivity contribution >= 4 is 16.6 Å². The summed E-state index contributed by atoms with van der Waals surface area (Å²) in [6.07, 6.45) is 1.68. The maximum atomic E-state index is 10.7. The summed E-state index contributed by atoms with van der Waals surface area (Å²) in [7, 11) is 0. The molecule has 0 radical (unpaired) electrons. The molecule has 1 aliphatic rings. The first kappa shape index (κ1) is 13.0. The van der Waals surface area contributed by atoms with E-state index in [0.29, 0.717) is 0 Å². The smallest absolute Gasteiger partial charge is 0.270 e. The van der Waals surface area contributed by atoms with Crippen LogP contribution in [-0.2, 0) is 11.3 Å². The van der Waals surface area contributed by atoms with E-state index in [-0.39, 0.29) is 10.6 Å². The van der Waals surface area contributed by atoms with Crippen molar-refractivity contribution in [2.45, 2.75) is 6.54 Å². The second-order valence-corrected chi connectivity index (χ2v) is 4.82. The van der Waals surface area contributed by atoms with Gasteiger partial charge >= 0.3 is 0 Å². The Kier molecular flexibility index (Phi) is 3.62. The SMILES string of the molecule is O=[N+]([O-])c1ccc2c(cnn2CCN2CCOCC2)c1. The van der Waals surface area contributed by atoms with Gasteiger partial charge in [0.15, 0.2) is 0 Å². The molecule has 0 amide bonds. The van der Waals surface area contributed by atoms with Crippen LogP contribution < -0.4 is 0 Å². The van der Waals surface area contributed by atoms with Crippen molar-refractivity contribution in [3.8, 4) is 0 Å². The Labute approximate surface area is 115 Å². The van der Waals surface area contributed by atoms with E-state index in [4.69, 9.17) is 4.74 Å². The maximum Gasteiger partial charge on any atom is 0.270 e. The van der Waals surface area contributed by atoms with Crippen molar-refractivity contribution in [3.05, 3.63) is 34.5 Å². The first-order valence-corrected chi connectivity index (χ1v) is 6.64. The van der Waals surface area contributed by atoms with Crippen LogP contribution >= 0.6 is 0 Å². The zero-order valence-corrected chi connectivity index (χ0v) is 11.1. The van der Waals surface area contributed by atoms with Gasteiger partial charge in [0, 0.05) is 37.2 Å². The van der Waals surface area contributed by atoms with Crippen LogP contribution in [0, 0.1) is 10.1 Å². The second-order valence-electron chi connectivity index (χ2n) is 4.82. The van der Waals surface area contributed by atoms with Crippen LogP contribution in [0.5, 0.6) is 0 Å². The van der Waals surface area contributed by atoms with Gasteiger partial charge in [-0.15, -0.1) is 0 Å². The van der Waals surface area contributed by atoms with Crippen LogP contribution in [0.15, 0.2) is 24.4 Å². The molecule has 7 heteroatoms. The van der Waals surface area contributed by atoms with Gasteiger partial charge in [-0.1, -0.05) is 0 Å². The number of hydrogen-bond donors (Lipinski definition) is 0. The lowest BCUT2D eigenvalue weighted by molar-refractivity contribution is -0.384. The van der Waals surface area contributed by atoms with E-state index in [9.17, 15) is 10.1 Å². The number of aromatic nitrogens is 2.